The summed E-state index contributed by atoms with van der Waals surface area (Å²) in [5.74, 6) is 0.589. The Morgan fingerprint density at radius 1 is 1.26 bits per heavy atom. The summed E-state index contributed by atoms with van der Waals surface area (Å²) in [5.41, 5.74) is 7.88. The molecule has 3 rings (SSSR count). The van der Waals surface area contributed by atoms with E-state index in [9.17, 15) is 0 Å². The quantitative estimate of drug-likeness (QED) is 0.737. The summed E-state index contributed by atoms with van der Waals surface area (Å²) in [7, 11) is 0. The summed E-state index contributed by atoms with van der Waals surface area (Å²) in [4.78, 5) is 4.77. The molecule has 0 aliphatic carbocycles. The Kier molecular flexibility index (Phi) is 2.93. The van der Waals surface area contributed by atoms with E-state index in [2.05, 4.69) is 10.1 Å². The smallest absolute Gasteiger partial charge is 0.182 e. The van der Waals surface area contributed by atoms with Gasteiger partial charge in [0.15, 0.2) is 11.5 Å². The van der Waals surface area contributed by atoms with Crippen molar-refractivity contribution in [3.8, 4) is 11.4 Å². The number of nitrogens with zero attached hydrogens (tertiary/aromatic N) is 3. The molecule has 0 amide bonds. The molecule has 2 heterocycles. The van der Waals surface area contributed by atoms with Crippen LogP contribution in [0, 0.1) is 0 Å². The van der Waals surface area contributed by atoms with E-state index in [1.807, 2.05) is 30.3 Å². The maximum absolute atomic E-state index is 5.97. The van der Waals surface area contributed by atoms with Crippen molar-refractivity contribution in [1.82, 2.24) is 14.6 Å². The lowest BCUT2D eigenvalue weighted by Crippen LogP contribution is -2.11. The number of thiocarbonyl (C=S) groups is 1. The average molecular weight is 289 g/mol. The van der Waals surface area contributed by atoms with Gasteiger partial charge >= 0.3 is 0 Å². The Balaban J connectivity index is 2.22. The summed E-state index contributed by atoms with van der Waals surface area (Å²) in [6.45, 7) is 0. The van der Waals surface area contributed by atoms with Crippen LogP contribution >= 0.6 is 23.8 Å². The third-order valence-corrected chi connectivity index (χ3v) is 3.17. The molecule has 0 aliphatic heterocycles. The fraction of sp³-hybridized carbons (Fsp3) is 0. The molecular weight excluding hydrogens is 280 g/mol. The van der Waals surface area contributed by atoms with Gasteiger partial charge in [0.2, 0.25) is 0 Å². The predicted octanol–water partition coefficient (Wildman–Crippen LogP) is 2.68. The molecule has 0 spiro atoms. The first-order chi connectivity index (χ1) is 9.15. The lowest BCUT2D eigenvalue weighted by Gasteiger charge is -1.97. The molecule has 0 saturated heterocycles. The van der Waals surface area contributed by atoms with Crippen molar-refractivity contribution < 1.29 is 0 Å². The third-order valence-electron chi connectivity index (χ3n) is 2.71. The molecule has 2 aromatic heterocycles. The van der Waals surface area contributed by atoms with Gasteiger partial charge in [-0.05, 0) is 24.3 Å². The van der Waals surface area contributed by atoms with Gasteiger partial charge in [-0.1, -0.05) is 36.0 Å². The van der Waals surface area contributed by atoms with E-state index in [1.54, 1.807) is 16.8 Å². The van der Waals surface area contributed by atoms with Gasteiger partial charge in [0.05, 0.1) is 5.56 Å². The first kappa shape index (κ1) is 12.1. The van der Waals surface area contributed by atoms with Crippen LogP contribution in [0.1, 0.15) is 5.56 Å². The zero-order valence-corrected chi connectivity index (χ0v) is 11.3. The van der Waals surface area contributed by atoms with Gasteiger partial charge in [0.25, 0.3) is 0 Å². The zero-order valence-electron chi connectivity index (χ0n) is 9.75. The van der Waals surface area contributed by atoms with E-state index in [0.717, 1.165) is 5.56 Å². The number of hydrogen-bond acceptors (Lipinski definition) is 3. The minimum absolute atomic E-state index is 0.302. The van der Waals surface area contributed by atoms with E-state index in [4.69, 9.17) is 29.6 Å². The number of rotatable bonds is 2. The Hall–Kier alpha value is -1.98. The molecule has 0 radical (unpaired) electrons. The minimum atomic E-state index is 0.302. The Bertz CT molecular complexity index is 781. The van der Waals surface area contributed by atoms with Gasteiger partial charge in [0, 0.05) is 16.8 Å². The van der Waals surface area contributed by atoms with Crippen LogP contribution in [0.5, 0.6) is 0 Å². The highest BCUT2D eigenvalue weighted by molar-refractivity contribution is 7.80. The van der Waals surface area contributed by atoms with Gasteiger partial charge < -0.3 is 5.73 Å². The summed E-state index contributed by atoms with van der Waals surface area (Å²) >= 11 is 11.0. The topological polar surface area (TPSA) is 56.2 Å². The van der Waals surface area contributed by atoms with E-state index in [0.29, 0.717) is 27.0 Å². The van der Waals surface area contributed by atoms with Crippen molar-refractivity contribution in [2.45, 2.75) is 0 Å². The van der Waals surface area contributed by atoms with Gasteiger partial charge in [-0.2, -0.15) is 0 Å². The molecule has 19 heavy (non-hydrogen) atoms. The molecule has 94 valence electrons. The third kappa shape index (κ3) is 2.18. The fourth-order valence-electron chi connectivity index (χ4n) is 1.85. The first-order valence-electron chi connectivity index (χ1n) is 5.56. The lowest BCUT2D eigenvalue weighted by molar-refractivity contribution is 0.964. The summed E-state index contributed by atoms with van der Waals surface area (Å²) < 4.78 is 1.66. The monoisotopic (exact) mass is 288 g/mol. The van der Waals surface area contributed by atoms with E-state index in [1.165, 1.54) is 0 Å². The molecule has 3 aromatic rings. The number of nitrogens with two attached hydrogens (primary N) is 1. The molecule has 1 aromatic carbocycles. The zero-order chi connectivity index (χ0) is 13.4. The molecule has 0 fully saturated rings. The molecule has 0 aliphatic rings. The van der Waals surface area contributed by atoms with E-state index >= 15 is 0 Å². The van der Waals surface area contributed by atoms with Crippen molar-refractivity contribution in [1.29, 1.82) is 0 Å². The molecule has 4 nitrogen and oxygen atoms in total. The van der Waals surface area contributed by atoms with Crippen LogP contribution in [0.15, 0.2) is 42.6 Å². The highest BCUT2D eigenvalue weighted by Crippen LogP contribution is 2.21. The number of benzene rings is 1. The van der Waals surface area contributed by atoms with Crippen LogP contribution in [-0.2, 0) is 0 Å². The van der Waals surface area contributed by atoms with Crippen molar-refractivity contribution in [3.05, 3.63) is 53.2 Å². The van der Waals surface area contributed by atoms with Crippen molar-refractivity contribution in [3.63, 3.8) is 0 Å². The second-order valence-electron chi connectivity index (χ2n) is 4.00. The molecule has 0 atom stereocenters. The molecule has 0 unspecified atom stereocenters. The van der Waals surface area contributed by atoms with Gasteiger partial charge in [-0.15, -0.1) is 5.10 Å². The van der Waals surface area contributed by atoms with Crippen LogP contribution < -0.4 is 5.73 Å². The van der Waals surface area contributed by atoms with Crippen molar-refractivity contribution in [2.75, 3.05) is 0 Å². The summed E-state index contributed by atoms with van der Waals surface area (Å²) in [6.07, 6.45) is 1.80. The maximum atomic E-state index is 5.97. The van der Waals surface area contributed by atoms with E-state index in [-0.39, 0.29) is 0 Å². The lowest BCUT2D eigenvalue weighted by atomic mass is 10.2. The fourth-order valence-corrected chi connectivity index (χ4v) is 2.20. The molecule has 2 N–H and O–H groups in total. The van der Waals surface area contributed by atoms with E-state index < -0.39 is 0 Å². The van der Waals surface area contributed by atoms with Crippen molar-refractivity contribution >= 4 is 34.5 Å². The maximum Gasteiger partial charge on any atom is 0.182 e. The Labute approximate surface area is 119 Å². The second-order valence-corrected chi connectivity index (χ2v) is 4.88. The van der Waals surface area contributed by atoms with Crippen LogP contribution in [-0.4, -0.2) is 19.6 Å². The number of aromatic nitrogens is 3. The number of halogens is 1. The highest BCUT2D eigenvalue weighted by Gasteiger charge is 2.11. The molecule has 6 heteroatoms. The SMILES string of the molecule is NC(=S)c1cccn2nc(-c3cccc(Cl)c3)nc12. The number of fused-ring (bicyclic) bond motifs is 1. The Morgan fingerprint density at radius 3 is 2.84 bits per heavy atom. The summed E-state index contributed by atoms with van der Waals surface area (Å²) in [6, 6.07) is 11.0. The van der Waals surface area contributed by atoms with Crippen LogP contribution in [0.3, 0.4) is 0 Å². The highest BCUT2D eigenvalue weighted by atomic mass is 35.5. The predicted molar refractivity (Wildman–Crippen MR) is 79.3 cm³/mol. The van der Waals surface area contributed by atoms with Crippen molar-refractivity contribution in [2.24, 2.45) is 5.73 Å². The van der Waals surface area contributed by atoms with Gasteiger partial charge in [-0.3, -0.25) is 0 Å². The van der Waals surface area contributed by atoms with Crippen LogP contribution in [0.4, 0.5) is 0 Å². The normalized spacial score (nSPS) is 10.8. The first-order valence-corrected chi connectivity index (χ1v) is 6.35. The average Bonchev–Trinajstić information content (AvgIpc) is 2.82. The van der Waals surface area contributed by atoms with Gasteiger partial charge in [0.1, 0.15) is 4.99 Å². The molecule has 0 saturated carbocycles. The number of pyridine rings is 1. The standard InChI is InChI=1S/C13H9ClN4S/c14-9-4-1-3-8(7-9)12-16-13-10(11(15)19)5-2-6-18(13)17-12/h1-7H,(H2,15,19). The van der Waals surface area contributed by atoms with Crippen LogP contribution in [0.2, 0.25) is 5.02 Å². The minimum Gasteiger partial charge on any atom is -0.389 e. The van der Waals surface area contributed by atoms with Crippen LogP contribution in [0.25, 0.3) is 17.0 Å². The largest absolute Gasteiger partial charge is 0.389 e. The molecule has 0 bridgehead atoms. The molecular formula is C13H9ClN4S. The second kappa shape index (κ2) is 4.60. The number of hydrogen-bond donors (Lipinski definition) is 1. The summed E-state index contributed by atoms with van der Waals surface area (Å²) in [5, 5.41) is 5.04. The Morgan fingerprint density at radius 2 is 2.11 bits per heavy atom. The van der Waals surface area contributed by atoms with Gasteiger partial charge in [-0.25, -0.2) is 9.50 Å².